The van der Waals surface area contributed by atoms with E-state index in [1.165, 1.54) is 7.11 Å². The largest absolute Gasteiger partial charge is 0.496 e. The Balaban J connectivity index is 2.23. The van der Waals surface area contributed by atoms with Crippen LogP contribution < -0.4 is 10.5 Å². The molecule has 2 N–H and O–H groups in total. The number of carbonyl (C=O) groups is 1. The first-order valence-electron chi connectivity index (χ1n) is 7.75. The lowest BCUT2D eigenvalue weighted by Crippen LogP contribution is -2.62. The van der Waals surface area contributed by atoms with Crippen LogP contribution in [0.3, 0.4) is 0 Å². The van der Waals surface area contributed by atoms with Crippen molar-refractivity contribution in [2.24, 2.45) is 5.41 Å². The average Bonchev–Trinajstić information content (AvgIpc) is 2.51. The van der Waals surface area contributed by atoms with Crippen molar-refractivity contribution in [2.75, 3.05) is 26.5 Å². The molecule has 1 aromatic rings. The Hall–Kier alpha value is -1.46. The van der Waals surface area contributed by atoms with E-state index < -0.39 is 0 Å². The monoisotopic (exact) mass is 340 g/mol. The van der Waals surface area contributed by atoms with Gasteiger partial charge in [-0.2, -0.15) is 0 Å². The highest BCUT2D eigenvalue weighted by atomic mass is 35.5. The second-order valence-corrected chi connectivity index (χ2v) is 6.91. The van der Waals surface area contributed by atoms with Crippen LogP contribution in [0.1, 0.15) is 37.6 Å². The van der Waals surface area contributed by atoms with Crippen molar-refractivity contribution >= 4 is 23.2 Å². The molecule has 0 spiro atoms. The summed E-state index contributed by atoms with van der Waals surface area (Å²) in [6.07, 6.45) is 0.998. The molecular weight excluding hydrogens is 316 g/mol. The lowest BCUT2D eigenvalue weighted by Gasteiger charge is -2.54. The third-order valence-corrected chi connectivity index (χ3v) is 5.16. The topological polar surface area (TPSA) is 64.8 Å². The molecule has 1 aliphatic carbocycles. The third-order valence-electron chi connectivity index (χ3n) is 4.83. The van der Waals surface area contributed by atoms with E-state index in [-0.39, 0.29) is 23.5 Å². The van der Waals surface area contributed by atoms with Crippen molar-refractivity contribution in [2.45, 2.75) is 39.3 Å². The molecule has 0 saturated heterocycles. The number of amides is 1. The molecule has 2 unspecified atom stereocenters. The normalized spacial score (nSPS) is 22.3. The zero-order chi connectivity index (χ0) is 17.4. The Morgan fingerprint density at radius 3 is 2.65 bits per heavy atom. The van der Waals surface area contributed by atoms with Crippen molar-refractivity contribution in [3.8, 4) is 5.75 Å². The summed E-state index contributed by atoms with van der Waals surface area (Å²) in [6, 6.07) is 3.26. The van der Waals surface area contributed by atoms with Crippen molar-refractivity contribution < 1.29 is 14.3 Å². The minimum absolute atomic E-state index is 0.0920. The van der Waals surface area contributed by atoms with E-state index in [9.17, 15) is 4.79 Å². The number of nitrogens with two attached hydrogens (primary N) is 1. The van der Waals surface area contributed by atoms with E-state index in [2.05, 4.69) is 13.8 Å². The SMILES string of the molecule is CCOC1CC(N(C)C(=O)c2cc(Cl)c(N)cc2OC)C1(C)C. The zero-order valence-corrected chi connectivity index (χ0v) is 15.1. The number of nitrogens with zero attached hydrogens (tertiary/aromatic N) is 1. The fraction of sp³-hybridized carbons (Fsp3) is 0.588. The number of benzene rings is 1. The molecule has 0 bridgehead atoms. The molecule has 1 aromatic carbocycles. The number of anilines is 1. The molecule has 2 atom stereocenters. The maximum atomic E-state index is 12.9. The van der Waals surface area contributed by atoms with Crippen molar-refractivity contribution in [1.29, 1.82) is 0 Å². The van der Waals surface area contributed by atoms with E-state index in [4.69, 9.17) is 26.8 Å². The zero-order valence-electron chi connectivity index (χ0n) is 14.4. The van der Waals surface area contributed by atoms with Crippen LogP contribution in [-0.4, -0.2) is 43.7 Å². The second kappa shape index (κ2) is 6.57. The average molecular weight is 341 g/mol. The number of methoxy groups -OCH3 is 1. The highest BCUT2D eigenvalue weighted by Gasteiger charge is 2.52. The molecule has 0 aromatic heterocycles. The summed E-state index contributed by atoms with van der Waals surface area (Å²) in [5.41, 5.74) is 6.50. The summed E-state index contributed by atoms with van der Waals surface area (Å²) in [5, 5.41) is 0.350. The molecule has 1 aliphatic rings. The molecule has 5 nitrogen and oxygen atoms in total. The Labute approximate surface area is 142 Å². The van der Waals surface area contributed by atoms with Crippen molar-refractivity contribution in [3.63, 3.8) is 0 Å². The van der Waals surface area contributed by atoms with Gasteiger partial charge >= 0.3 is 0 Å². The van der Waals surface area contributed by atoms with Gasteiger partial charge in [-0.05, 0) is 19.4 Å². The maximum absolute atomic E-state index is 12.9. The molecule has 0 radical (unpaired) electrons. The minimum atomic E-state index is -0.128. The summed E-state index contributed by atoms with van der Waals surface area (Å²) in [6.45, 7) is 6.91. The molecule has 1 saturated carbocycles. The summed E-state index contributed by atoms with van der Waals surface area (Å²) < 4.78 is 11.0. The van der Waals surface area contributed by atoms with Crippen LogP contribution in [0.2, 0.25) is 5.02 Å². The van der Waals surface area contributed by atoms with Gasteiger partial charge < -0.3 is 20.1 Å². The fourth-order valence-corrected chi connectivity index (χ4v) is 3.41. The first kappa shape index (κ1) is 17.9. The Bertz CT molecular complexity index is 604. The molecular formula is C17H25ClN2O3. The van der Waals surface area contributed by atoms with E-state index in [1.807, 2.05) is 6.92 Å². The predicted molar refractivity (Wildman–Crippen MR) is 92.1 cm³/mol. The van der Waals surface area contributed by atoms with Crippen LogP contribution in [0.15, 0.2) is 12.1 Å². The highest BCUT2D eigenvalue weighted by molar-refractivity contribution is 6.33. The smallest absolute Gasteiger partial charge is 0.257 e. The van der Waals surface area contributed by atoms with Crippen LogP contribution >= 0.6 is 11.6 Å². The Kier molecular flexibility index (Phi) is 5.11. The minimum Gasteiger partial charge on any atom is -0.496 e. The molecule has 1 fully saturated rings. The first-order valence-corrected chi connectivity index (χ1v) is 8.13. The quantitative estimate of drug-likeness (QED) is 0.836. The summed E-state index contributed by atoms with van der Waals surface area (Å²) in [4.78, 5) is 14.6. The van der Waals surface area contributed by atoms with E-state index in [0.29, 0.717) is 28.6 Å². The van der Waals surface area contributed by atoms with Crippen molar-refractivity contribution in [1.82, 2.24) is 4.90 Å². The van der Waals surface area contributed by atoms with Gasteiger partial charge in [0.2, 0.25) is 0 Å². The number of halogens is 1. The predicted octanol–water partition coefficient (Wildman–Crippen LogP) is 3.21. The van der Waals surface area contributed by atoms with Gasteiger partial charge in [0, 0.05) is 31.2 Å². The lowest BCUT2D eigenvalue weighted by atomic mass is 9.63. The molecule has 0 heterocycles. The van der Waals surface area contributed by atoms with Gasteiger partial charge in [0.05, 0.1) is 29.5 Å². The lowest BCUT2D eigenvalue weighted by molar-refractivity contribution is -0.136. The van der Waals surface area contributed by atoms with Gasteiger partial charge in [0.1, 0.15) is 5.75 Å². The van der Waals surface area contributed by atoms with Crippen LogP contribution in [0.25, 0.3) is 0 Å². The number of rotatable bonds is 5. The standard InChI is InChI=1S/C17H25ClN2O3/c1-6-23-15-9-14(17(15,2)3)20(4)16(21)10-7-11(18)12(19)8-13(10)22-5/h7-8,14-15H,6,9,19H2,1-5H3. The summed E-state index contributed by atoms with van der Waals surface area (Å²) >= 11 is 6.07. The van der Waals surface area contributed by atoms with Crippen LogP contribution in [0.5, 0.6) is 5.75 Å². The van der Waals surface area contributed by atoms with E-state index in [0.717, 1.165) is 6.42 Å². The van der Waals surface area contributed by atoms with Gasteiger partial charge in [0.15, 0.2) is 0 Å². The van der Waals surface area contributed by atoms with Crippen molar-refractivity contribution in [3.05, 3.63) is 22.7 Å². The van der Waals surface area contributed by atoms with Gasteiger partial charge in [-0.3, -0.25) is 4.79 Å². The number of carbonyl (C=O) groups excluding carboxylic acids is 1. The Morgan fingerprint density at radius 2 is 2.13 bits per heavy atom. The maximum Gasteiger partial charge on any atom is 0.257 e. The fourth-order valence-electron chi connectivity index (χ4n) is 3.24. The summed E-state index contributed by atoms with van der Waals surface area (Å²) in [7, 11) is 3.32. The molecule has 2 rings (SSSR count). The number of nitrogen functional groups attached to an aromatic ring is 1. The molecule has 23 heavy (non-hydrogen) atoms. The van der Waals surface area contributed by atoms with Crippen LogP contribution in [-0.2, 0) is 4.74 Å². The molecule has 128 valence electrons. The Morgan fingerprint density at radius 1 is 1.48 bits per heavy atom. The van der Waals surface area contributed by atoms with E-state index >= 15 is 0 Å². The molecule has 0 aliphatic heterocycles. The molecule has 6 heteroatoms. The number of hydrogen-bond donors (Lipinski definition) is 1. The number of ether oxygens (including phenoxy) is 2. The summed E-state index contributed by atoms with van der Waals surface area (Å²) in [5.74, 6) is 0.305. The van der Waals surface area contributed by atoms with Gasteiger partial charge in [-0.1, -0.05) is 25.4 Å². The van der Waals surface area contributed by atoms with Gasteiger partial charge in [0.25, 0.3) is 5.91 Å². The van der Waals surface area contributed by atoms with Gasteiger partial charge in [-0.15, -0.1) is 0 Å². The van der Waals surface area contributed by atoms with Crippen LogP contribution in [0.4, 0.5) is 5.69 Å². The van der Waals surface area contributed by atoms with Gasteiger partial charge in [-0.25, -0.2) is 0 Å². The number of hydrogen-bond acceptors (Lipinski definition) is 4. The van der Waals surface area contributed by atoms with Crippen LogP contribution in [0, 0.1) is 5.41 Å². The second-order valence-electron chi connectivity index (χ2n) is 6.51. The highest BCUT2D eigenvalue weighted by Crippen LogP contribution is 2.46. The van der Waals surface area contributed by atoms with E-state index in [1.54, 1.807) is 24.1 Å². The third kappa shape index (κ3) is 3.12. The molecule has 1 amide bonds. The first-order chi connectivity index (χ1) is 10.7.